The summed E-state index contributed by atoms with van der Waals surface area (Å²) in [5, 5.41) is 3.25. The van der Waals surface area contributed by atoms with E-state index in [9.17, 15) is 4.79 Å². The highest BCUT2D eigenvalue weighted by atomic mass is 16.1. The van der Waals surface area contributed by atoms with Gasteiger partial charge >= 0.3 is 0 Å². The summed E-state index contributed by atoms with van der Waals surface area (Å²) in [7, 11) is 0. The van der Waals surface area contributed by atoms with E-state index in [2.05, 4.69) is 22.2 Å². The third kappa shape index (κ3) is 1.49. The molecule has 1 fully saturated rings. The number of aromatic nitrogens is 2. The van der Waals surface area contributed by atoms with Gasteiger partial charge in [-0.3, -0.25) is 4.79 Å². The summed E-state index contributed by atoms with van der Waals surface area (Å²) in [6.45, 7) is 3.83. The standard InChI is InChI=1S/C11H15N3O/c1-6-4-8(6)10-13-9-5-12-3-2-7(9)11(15)14-10/h6,8,12H,2-5H2,1H3,(H,13,14,15). The number of hydrogen-bond acceptors (Lipinski definition) is 3. The maximum absolute atomic E-state index is 11.8. The van der Waals surface area contributed by atoms with E-state index in [1.165, 1.54) is 0 Å². The topological polar surface area (TPSA) is 57.8 Å². The van der Waals surface area contributed by atoms with E-state index in [0.29, 0.717) is 11.8 Å². The van der Waals surface area contributed by atoms with Crippen LogP contribution in [0, 0.1) is 5.92 Å². The summed E-state index contributed by atoms with van der Waals surface area (Å²) in [6.07, 6.45) is 1.97. The van der Waals surface area contributed by atoms with Gasteiger partial charge in [-0.15, -0.1) is 0 Å². The molecule has 0 saturated heterocycles. The molecular formula is C11H15N3O. The molecule has 1 aliphatic carbocycles. The highest BCUT2D eigenvalue weighted by molar-refractivity contribution is 5.23. The lowest BCUT2D eigenvalue weighted by atomic mass is 10.1. The lowest BCUT2D eigenvalue weighted by Crippen LogP contribution is -2.31. The van der Waals surface area contributed by atoms with Crippen molar-refractivity contribution >= 4 is 0 Å². The third-order valence-electron chi connectivity index (χ3n) is 3.42. The second-order valence-corrected chi connectivity index (χ2v) is 4.62. The Morgan fingerprint density at radius 3 is 3.00 bits per heavy atom. The summed E-state index contributed by atoms with van der Waals surface area (Å²) in [6, 6.07) is 0. The molecule has 1 aromatic rings. The second kappa shape index (κ2) is 3.17. The fourth-order valence-corrected chi connectivity index (χ4v) is 2.27. The first-order valence-electron chi connectivity index (χ1n) is 5.58. The average molecular weight is 205 g/mol. The molecule has 0 bridgehead atoms. The van der Waals surface area contributed by atoms with Crippen LogP contribution in [0.1, 0.15) is 36.3 Å². The van der Waals surface area contributed by atoms with Crippen molar-refractivity contribution in [1.82, 2.24) is 15.3 Å². The highest BCUT2D eigenvalue weighted by Crippen LogP contribution is 2.45. The van der Waals surface area contributed by atoms with Gasteiger partial charge in [0.2, 0.25) is 0 Å². The first-order chi connectivity index (χ1) is 7.25. The Balaban J connectivity index is 2.05. The highest BCUT2D eigenvalue weighted by Gasteiger charge is 2.36. The molecular weight excluding hydrogens is 190 g/mol. The van der Waals surface area contributed by atoms with Gasteiger partial charge < -0.3 is 10.3 Å². The largest absolute Gasteiger partial charge is 0.311 e. The molecule has 4 heteroatoms. The monoisotopic (exact) mass is 205 g/mol. The molecule has 1 aromatic heterocycles. The Labute approximate surface area is 88.1 Å². The molecule has 15 heavy (non-hydrogen) atoms. The van der Waals surface area contributed by atoms with Gasteiger partial charge in [0.15, 0.2) is 0 Å². The quantitative estimate of drug-likeness (QED) is 0.703. The van der Waals surface area contributed by atoms with E-state index < -0.39 is 0 Å². The first-order valence-corrected chi connectivity index (χ1v) is 5.58. The number of fused-ring (bicyclic) bond motifs is 1. The number of rotatable bonds is 1. The van der Waals surface area contributed by atoms with Crippen molar-refractivity contribution in [2.45, 2.75) is 32.2 Å². The number of nitrogens with one attached hydrogen (secondary N) is 2. The summed E-state index contributed by atoms with van der Waals surface area (Å²) in [5.74, 6) is 2.07. The summed E-state index contributed by atoms with van der Waals surface area (Å²) >= 11 is 0. The van der Waals surface area contributed by atoms with Gasteiger partial charge in [0.1, 0.15) is 5.82 Å². The van der Waals surface area contributed by atoms with Crippen LogP contribution in [0.3, 0.4) is 0 Å². The zero-order valence-electron chi connectivity index (χ0n) is 8.84. The van der Waals surface area contributed by atoms with Gasteiger partial charge in [0.25, 0.3) is 5.56 Å². The van der Waals surface area contributed by atoms with Crippen LogP contribution in [0.4, 0.5) is 0 Å². The molecule has 2 N–H and O–H groups in total. The van der Waals surface area contributed by atoms with Gasteiger partial charge in [0, 0.05) is 18.0 Å². The molecule has 0 amide bonds. The minimum Gasteiger partial charge on any atom is -0.311 e. The van der Waals surface area contributed by atoms with Crippen molar-refractivity contribution in [3.05, 3.63) is 27.4 Å². The van der Waals surface area contributed by atoms with Gasteiger partial charge in [0.05, 0.1) is 5.69 Å². The Morgan fingerprint density at radius 2 is 2.27 bits per heavy atom. The fraction of sp³-hybridized carbons (Fsp3) is 0.636. The minimum absolute atomic E-state index is 0.0793. The first kappa shape index (κ1) is 9.09. The minimum atomic E-state index is 0.0793. The van der Waals surface area contributed by atoms with E-state index >= 15 is 0 Å². The second-order valence-electron chi connectivity index (χ2n) is 4.62. The van der Waals surface area contributed by atoms with E-state index in [4.69, 9.17) is 0 Å². The average Bonchev–Trinajstić information content (AvgIpc) is 2.96. The Kier molecular flexibility index (Phi) is 1.92. The maximum Gasteiger partial charge on any atom is 0.254 e. The Morgan fingerprint density at radius 1 is 1.47 bits per heavy atom. The molecule has 2 atom stereocenters. The molecule has 4 nitrogen and oxygen atoms in total. The van der Waals surface area contributed by atoms with Gasteiger partial charge in [-0.25, -0.2) is 4.98 Å². The molecule has 2 aliphatic rings. The lowest BCUT2D eigenvalue weighted by Gasteiger charge is -2.15. The molecule has 0 aromatic carbocycles. The summed E-state index contributed by atoms with van der Waals surface area (Å²) < 4.78 is 0. The summed E-state index contributed by atoms with van der Waals surface area (Å²) in [5.41, 5.74) is 1.92. The molecule has 0 spiro atoms. The van der Waals surface area contributed by atoms with Crippen molar-refractivity contribution in [2.24, 2.45) is 5.92 Å². The van der Waals surface area contributed by atoms with Crippen LogP contribution in [0.5, 0.6) is 0 Å². The van der Waals surface area contributed by atoms with Gasteiger partial charge in [-0.05, 0) is 25.3 Å². The normalized spacial score (nSPS) is 28.6. The van der Waals surface area contributed by atoms with Crippen molar-refractivity contribution in [3.63, 3.8) is 0 Å². The zero-order valence-corrected chi connectivity index (χ0v) is 8.84. The number of H-pyrrole nitrogens is 1. The van der Waals surface area contributed by atoms with Crippen molar-refractivity contribution in [2.75, 3.05) is 6.54 Å². The molecule has 80 valence electrons. The molecule has 3 rings (SSSR count). The van der Waals surface area contributed by atoms with Crippen LogP contribution >= 0.6 is 0 Å². The van der Waals surface area contributed by atoms with Crippen LogP contribution in [0.2, 0.25) is 0 Å². The van der Waals surface area contributed by atoms with E-state index in [-0.39, 0.29) is 5.56 Å². The van der Waals surface area contributed by atoms with Crippen LogP contribution < -0.4 is 10.9 Å². The van der Waals surface area contributed by atoms with Crippen molar-refractivity contribution in [1.29, 1.82) is 0 Å². The lowest BCUT2D eigenvalue weighted by molar-refractivity contribution is 0.609. The smallest absolute Gasteiger partial charge is 0.254 e. The Hall–Kier alpha value is -1.16. The molecule has 0 radical (unpaired) electrons. The molecule has 2 heterocycles. The predicted molar refractivity (Wildman–Crippen MR) is 56.8 cm³/mol. The van der Waals surface area contributed by atoms with E-state index in [1.807, 2.05) is 0 Å². The Bertz CT molecular complexity index is 452. The van der Waals surface area contributed by atoms with E-state index in [1.54, 1.807) is 0 Å². The van der Waals surface area contributed by atoms with Gasteiger partial charge in [-0.2, -0.15) is 0 Å². The summed E-state index contributed by atoms with van der Waals surface area (Å²) in [4.78, 5) is 19.3. The maximum atomic E-state index is 11.8. The van der Waals surface area contributed by atoms with E-state index in [0.717, 1.165) is 43.0 Å². The van der Waals surface area contributed by atoms with Crippen LogP contribution in [-0.2, 0) is 13.0 Å². The van der Waals surface area contributed by atoms with Crippen LogP contribution in [0.15, 0.2) is 4.79 Å². The molecule has 1 saturated carbocycles. The molecule has 2 unspecified atom stereocenters. The van der Waals surface area contributed by atoms with Gasteiger partial charge in [-0.1, -0.05) is 6.92 Å². The number of nitrogens with zero attached hydrogens (tertiary/aromatic N) is 1. The third-order valence-corrected chi connectivity index (χ3v) is 3.42. The van der Waals surface area contributed by atoms with Crippen molar-refractivity contribution in [3.8, 4) is 0 Å². The number of aromatic amines is 1. The zero-order chi connectivity index (χ0) is 10.4. The molecule has 1 aliphatic heterocycles. The SMILES string of the molecule is CC1CC1c1nc2c(c(=O)[nH]1)CCNC2. The van der Waals surface area contributed by atoms with Crippen molar-refractivity contribution < 1.29 is 0 Å². The fourth-order valence-electron chi connectivity index (χ4n) is 2.27. The van der Waals surface area contributed by atoms with Crippen LogP contribution in [0.25, 0.3) is 0 Å². The van der Waals surface area contributed by atoms with Crippen LogP contribution in [-0.4, -0.2) is 16.5 Å². The predicted octanol–water partition coefficient (Wildman–Crippen LogP) is 0.539. The number of hydrogen-bond donors (Lipinski definition) is 2.